The van der Waals surface area contributed by atoms with E-state index in [2.05, 4.69) is 6.92 Å². The summed E-state index contributed by atoms with van der Waals surface area (Å²) in [6.45, 7) is 11.0. The Morgan fingerprint density at radius 3 is 2.25 bits per heavy atom. The Labute approximate surface area is 152 Å². The lowest BCUT2D eigenvalue weighted by Crippen LogP contribution is -2.09. The van der Waals surface area contributed by atoms with Crippen LogP contribution in [0.25, 0.3) is 0 Å². The Hall–Kier alpha value is -1.40. The predicted octanol–water partition coefficient (Wildman–Crippen LogP) is 3.73. The van der Waals surface area contributed by atoms with Crippen LogP contribution in [0, 0.1) is 6.92 Å². The number of hydrogen-bond donors (Lipinski definition) is 0. The third kappa shape index (κ3) is 4.80. The number of hydrogen-bond acceptors (Lipinski definition) is 4. The largest absolute Gasteiger partial charge is 0.496 e. The van der Waals surface area contributed by atoms with Crippen LogP contribution in [0.1, 0.15) is 67.6 Å². The number of ether oxygens (including phenoxy) is 3. The molecule has 0 unspecified atom stereocenters. The molecule has 0 spiro atoms. The highest BCUT2D eigenvalue weighted by atomic mass is 32.1. The van der Waals surface area contributed by atoms with Gasteiger partial charge in [0.2, 0.25) is 0 Å². The van der Waals surface area contributed by atoms with Gasteiger partial charge in [0.25, 0.3) is 0 Å². The molecule has 6 heteroatoms. The zero-order chi connectivity index (χ0) is 16.7. The summed E-state index contributed by atoms with van der Waals surface area (Å²) >= 11 is 0. The van der Waals surface area contributed by atoms with Crippen molar-refractivity contribution in [3.63, 3.8) is 0 Å². The summed E-state index contributed by atoms with van der Waals surface area (Å²) in [4.78, 5) is 12.0. The summed E-state index contributed by atoms with van der Waals surface area (Å²) in [7, 11) is 1.66. The first-order chi connectivity index (χ1) is 10.7. The van der Waals surface area contributed by atoms with Crippen LogP contribution in [0.3, 0.4) is 0 Å². The maximum Gasteiger partial charge on any atom is 0.342 e. The van der Waals surface area contributed by atoms with E-state index in [9.17, 15) is 4.79 Å². The normalized spacial score (nSPS) is 11.2. The van der Waals surface area contributed by atoms with E-state index < -0.39 is 0 Å². The fraction of sp³-hybridized carbons (Fsp3) is 0.611. The highest BCUT2D eigenvalue weighted by Gasteiger charge is 2.32. The molecule has 1 aromatic carbocycles. The molecular formula is C18H32O5S. The van der Waals surface area contributed by atoms with Gasteiger partial charge in [0.1, 0.15) is 23.7 Å². The Morgan fingerprint density at radius 2 is 1.75 bits per heavy atom. The van der Waals surface area contributed by atoms with Crippen LogP contribution in [0.4, 0.5) is 0 Å². The summed E-state index contributed by atoms with van der Waals surface area (Å²) in [5.41, 5.74) is 3.47. The van der Waals surface area contributed by atoms with Gasteiger partial charge in [0, 0.05) is 11.1 Å². The molecule has 1 aromatic rings. The van der Waals surface area contributed by atoms with Crippen molar-refractivity contribution in [3.05, 3.63) is 22.3 Å². The Kier molecular flexibility index (Phi) is 12.5. The monoisotopic (exact) mass is 360 g/mol. The summed E-state index contributed by atoms with van der Waals surface area (Å²) in [5.74, 6) is 1.21. The third-order valence-corrected chi connectivity index (χ3v) is 3.58. The van der Waals surface area contributed by atoms with Crippen molar-refractivity contribution in [3.8, 4) is 11.5 Å². The van der Waals surface area contributed by atoms with Gasteiger partial charge in [-0.05, 0) is 25.3 Å². The number of esters is 1. The lowest BCUT2D eigenvalue weighted by Gasteiger charge is -2.19. The van der Waals surface area contributed by atoms with E-state index in [0.717, 1.165) is 41.7 Å². The van der Waals surface area contributed by atoms with Crippen LogP contribution in [-0.2, 0) is 17.8 Å². The van der Waals surface area contributed by atoms with Crippen molar-refractivity contribution >= 4 is 19.5 Å². The molecular weight excluding hydrogens is 328 g/mol. The second kappa shape index (κ2) is 12.0. The van der Waals surface area contributed by atoms with Crippen LogP contribution >= 0.6 is 13.5 Å². The quantitative estimate of drug-likeness (QED) is 0.724. The molecule has 5 nitrogen and oxygen atoms in total. The molecule has 1 aliphatic heterocycles. The third-order valence-electron chi connectivity index (χ3n) is 3.58. The second-order valence-electron chi connectivity index (χ2n) is 4.99. The molecule has 140 valence electrons. The highest BCUT2D eigenvalue weighted by Crippen LogP contribution is 2.42. The molecule has 0 aliphatic carbocycles. The maximum absolute atomic E-state index is 12.0. The molecule has 0 saturated carbocycles. The van der Waals surface area contributed by atoms with Gasteiger partial charge in [0.15, 0.2) is 0 Å². The summed E-state index contributed by atoms with van der Waals surface area (Å²) in [5, 5.41) is 0. The molecule has 0 fully saturated rings. The topological polar surface area (TPSA) is 76.3 Å². The Balaban J connectivity index is 0. The van der Waals surface area contributed by atoms with Crippen molar-refractivity contribution in [2.24, 2.45) is 0 Å². The van der Waals surface area contributed by atoms with Crippen molar-refractivity contribution in [2.75, 3.05) is 13.7 Å². The van der Waals surface area contributed by atoms with Gasteiger partial charge in [-0.2, -0.15) is 13.5 Å². The van der Waals surface area contributed by atoms with E-state index in [1.165, 1.54) is 0 Å². The van der Waals surface area contributed by atoms with E-state index >= 15 is 0 Å². The average Bonchev–Trinajstić information content (AvgIpc) is 2.92. The minimum absolute atomic E-state index is 0. The van der Waals surface area contributed by atoms with Crippen LogP contribution in [0.5, 0.6) is 11.5 Å². The summed E-state index contributed by atoms with van der Waals surface area (Å²) in [6.07, 6.45) is 2.68. The second-order valence-corrected chi connectivity index (χ2v) is 4.99. The van der Waals surface area contributed by atoms with Crippen LogP contribution in [0.15, 0.2) is 0 Å². The summed E-state index contributed by atoms with van der Waals surface area (Å²) in [6, 6.07) is 0. The Bertz CT molecular complexity index is 529. The minimum Gasteiger partial charge on any atom is -0.496 e. The zero-order valence-electron chi connectivity index (χ0n) is 15.7. The van der Waals surface area contributed by atoms with Crippen molar-refractivity contribution in [1.29, 1.82) is 0 Å². The maximum atomic E-state index is 12.0. The van der Waals surface area contributed by atoms with Gasteiger partial charge in [-0.3, -0.25) is 0 Å². The van der Waals surface area contributed by atoms with Gasteiger partial charge < -0.3 is 19.7 Å². The van der Waals surface area contributed by atoms with Crippen molar-refractivity contribution in [2.45, 2.75) is 60.5 Å². The lowest BCUT2D eigenvalue weighted by atomic mass is 9.95. The van der Waals surface area contributed by atoms with Gasteiger partial charge in [-0.25, -0.2) is 4.79 Å². The standard InChI is InChI=1S/C16H22O4.C2H6.H2O.H2S/c1-5-7-11-14(18-4)10(3)12-9-20-16(17)13(12)15(11)19-8-6-2;1-2;;/h5-9H2,1-4H3;1-2H3;2*1H2. The SMILES string of the molecule is CC.CCCOc1c(CCC)c(OC)c(C)c2c1C(=O)OC2.O.S. The molecule has 0 radical (unpaired) electrons. The number of benzene rings is 1. The number of methoxy groups -OCH3 is 1. The van der Waals surface area contributed by atoms with E-state index in [4.69, 9.17) is 14.2 Å². The van der Waals surface area contributed by atoms with Gasteiger partial charge >= 0.3 is 5.97 Å². The first kappa shape index (κ1) is 24.8. The molecule has 0 saturated heterocycles. The highest BCUT2D eigenvalue weighted by molar-refractivity contribution is 7.59. The Morgan fingerprint density at radius 1 is 1.12 bits per heavy atom. The predicted molar refractivity (Wildman–Crippen MR) is 102 cm³/mol. The average molecular weight is 361 g/mol. The number of cyclic esters (lactones) is 1. The minimum atomic E-state index is -0.283. The molecule has 0 amide bonds. The molecule has 1 aliphatic rings. The molecule has 0 bridgehead atoms. The van der Waals surface area contributed by atoms with Gasteiger partial charge in [0.05, 0.1) is 13.7 Å². The van der Waals surface area contributed by atoms with Gasteiger partial charge in [-0.1, -0.05) is 34.1 Å². The van der Waals surface area contributed by atoms with E-state index in [1.54, 1.807) is 7.11 Å². The number of carbonyl (C=O) groups is 1. The molecule has 0 atom stereocenters. The lowest BCUT2D eigenvalue weighted by molar-refractivity contribution is 0.0532. The van der Waals surface area contributed by atoms with Crippen LogP contribution < -0.4 is 9.47 Å². The van der Waals surface area contributed by atoms with E-state index in [0.29, 0.717) is 24.5 Å². The fourth-order valence-electron chi connectivity index (χ4n) is 2.66. The first-order valence-corrected chi connectivity index (χ1v) is 8.17. The fourth-order valence-corrected chi connectivity index (χ4v) is 2.66. The van der Waals surface area contributed by atoms with E-state index in [1.807, 2.05) is 27.7 Å². The van der Waals surface area contributed by atoms with Crippen molar-refractivity contribution < 1.29 is 24.5 Å². The summed E-state index contributed by atoms with van der Waals surface area (Å²) < 4.78 is 16.6. The van der Waals surface area contributed by atoms with Gasteiger partial charge in [-0.15, -0.1) is 0 Å². The molecule has 24 heavy (non-hydrogen) atoms. The molecule has 2 rings (SSSR count). The molecule has 2 N–H and O–H groups in total. The van der Waals surface area contributed by atoms with E-state index in [-0.39, 0.29) is 24.9 Å². The van der Waals surface area contributed by atoms with Crippen LogP contribution in [-0.4, -0.2) is 25.2 Å². The molecule has 1 heterocycles. The van der Waals surface area contributed by atoms with Crippen LogP contribution in [0.2, 0.25) is 0 Å². The smallest absolute Gasteiger partial charge is 0.342 e. The number of fused-ring (bicyclic) bond motifs is 1. The first-order valence-electron chi connectivity index (χ1n) is 8.17. The molecule has 0 aromatic heterocycles. The van der Waals surface area contributed by atoms with Crippen molar-refractivity contribution in [1.82, 2.24) is 0 Å². The zero-order valence-corrected chi connectivity index (χ0v) is 16.7. The number of carbonyl (C=O) groups excluding carboxylic acids is 1. The number of rotatable bonds is 6.